The quantitative estimate of drug-likeness (QED) is 0.636. The number of aliphatic hydroxyl groups is 1. The average molecular weight is 155 g/mol. The van der Waals surface area contributed by atoms with Gasteiger partial charge in [-0.3, -0.25) is 4.79 Å². The molecule has 0 spiro atoms. The number of rotatable bonds is 2. The zero-order chi connectivity index (χ0) is 8.43. The minimum Gasteiger partial charge on any atom is -0.463 e. The summed E-state index contributed by atoms with van der Waals surface area (Å²) in [5.41, 5.74) is 4.83. The van der Waals surface area contributed by atoms with Gasteiger partial charge in [-0.2, -0.15) is 0 Å². The summed E-state index contributed by atoms with van der Waals surface area (Å²) in [6.45, 7) is 1.72. The molecule has 4 nitrogen and oxygen atoms in total. The molecule has 0 saturated heterocycles. The van der Waals surface area contributed by atoms with Gasteiger partial charge in [0.2, 0.25) is 0 Å². The van der Waals surface area contributed by atoms with Crippen LogP contribution in [0.1, 0.15) is 17.6 Å². The lowest BCUT2D eigenvalue weighted by molar-refractivity contribution is -0.127. The zero-order valence-corrected chi connectivity index (χ0v) is 6.07. The molecule has 0 aliphatic rings. The van der Waals surface area contributed by atoms with Gasteiger partial charge in [0, 0.05) is 0 Å². The summed E-state index contributed by atoms with van der Waals surface area (Å²) in [5.74, 6) is 0.0228. The summed E-state index contributed by atoms with van der Waals surface area (Å²) in [5, 5.41) is 9.04. The molecule has 1 rings (SSSR count). The first-order chi connectivity index (χ1) is 5.11. The molecular formula is C7H9NO3. The van der Waals surface area contributed by atoms with Crippen molar-refractivity contribution in [3.05, 3.63) is 23.7 Å². The number of carbonyl (C=O) groups excluding carboxylic acids is 1. The molecule has 60 valence electrons. The maximum absolute atomic E-state index is 10.4. The zero-order valence-electron chi connectivity index (χ0n) is 6.07. The topological polar surface area (TPSA) is 76.5 Å². The van der Waals surface area contributed by atoms with Crippen LogP contribution in [0.3, 0.4) is 0 Å². The molecule has 1 heterocycles. The number of aryl methyl sites for hydroxylation is 1. The van der Waals surface area contributed by atoms with Crippen LogP contribution >= 0.6 is 0 Å². The van der Waals surface area contributed by atoms with Gasteiger partial charge in [-0.05, 0) is 19.1 Å². The van der Waals surface area contributed by atoms with E-state index in [1.54, 1.807) is 13.0 Å². The molecule has 0 radical (unpaired) electrons. The van der Waals surface area contributed by atoms with Crippen LogP contribution in [0.5, 0.6) is 0 Å². The van der Waals surface area contributed by atoms with E-state index in [9.17, 15) is 4.79 Å². The summed E-state index contributed by atoms with van der Waals surface area (Å²) in [4.78, 5) is 10.4. The largest absolute Gasteiger partial charge is 0.463 e. The fourth-order valence-electron chi connectivity index (χ4n) is 0.741. The number of carbonyl (C=O) groups is 1. The molecule has 1 aromatic rings. The van der Waals surface area contributed by atoms with Crippen molar-refractivity contribution in [2.24, 2.45) is 5.73 Å². The van der Waals surface area contributed by atoms with Crippen LogP contribution in [0.4, 0.5) is 0 Å². The maximum atomic E-state index is 10.4. The fraction of sp³-hybridized carbons (Fsp3) is 0.286. The van der Waals surface area contributed by atoms with Crippen LogP contribution in [0.25, 0.3) is 0 Å². The molecule has 1 amide bonds. The first kappa shape index (κ1) is 7.81. The predicted molar refractivity (Wildman–Crippen MR) is 37.6 cm³/mol. The van der Waals surface area contributed by atoms with Crippen LogP contribution in [-0.4, -0.2) is 11.0 Å². The van der Waals surface area contributed by atoms with Crippen molar-refractivity contribution in [3.8, 4) is 0 Å². The van der Waals surface area contributed by atoms with Gasteiger partial charge < -0.3 is 15.3 Å². The second-order valence-corrected chi connectivity index (χ2v) is 2.25. The third kappa shape index (κ3) is 1.59. The molecule has 0 fully saturated rings. The Morgan fingerprint density at radius 2 is 2.36 bits per heavy atom. The van der Waals surface area contributed by atoms with E-state index in [0.717, 1.165) is 0 Å². The summed E-state index contributed by atoms with van der Waals surface area (Å²) in [6.07, 6.45) is -1.33. The third-order valence-electron chi connectivity index (χ3n) is 1.30. The molecule has 11 heavy (non-hydrogen) atoms. The van der Waals surface area contributed by atoms with Crippen molar-refractivity contribution in [3.63, 3.8) is 0 Å². The Labute approximate surface area is 63.6 Å². The predicted octanol–water partition coefficient (Wildman–Crippen LogP) is 0.107. The standard InChI is InChI=1S/C7H9NO3/c1-4-2-3-5(11-4)6(9)7(8)10/h2-3,6,9H,1H3,(H2,8,10). The van der Waals surface area contributed by atoms with E-state index < -0.39 is 12.0 Å². The van der Waals surface area contributed by atoms with Gasteiger partial charge in [0.05, 0.1) is 0 Å². The van der Waals surface area contributed by atoms with Gasteiger partial charge in [0.1, 0.15) is 11.5 Å². The number of aliphatic hydroxyl groups excluding tert-OH is 1. The maximum Gasteiger partial charge on any atom is 0.254 e. The normalized spacial score (nSPS) is 12.9. The highest BCUT2D eigenvalue weighted by Gasteiger charge is 2.16. The highest BCUT2D eigenvalue weighted by molar-refractivity contribution is 5.79. The smallest absolute Gasteiger partial charge is 0.254 e. The van der Waals surface area contributed by atoms with E-state index in [1.807, 2.05) is 0 Å². The van der Waals surface area contributed by atoms with Crippen LogP contribution in [-0.2, 0) is 4.79 Å². The molecule has 0 aromatic carbocycles. The van der Waals surface area contributed by atoms with Gasteiger partial charge in [0.15, 0.2) is 6.10 Å². The second-order valence-electron chi connectivity index (χ2n) is 2.25. The minimum atomic E-state index is -1.33. The van der Waals surface area contributed by atoms with E-state index >= 15 is 0 Å². The van der Waals surface area contributed by atoms with Gasteiger partial charge in [0.25, 0.3) is 5.91 Å². The Hall–Kier alpha value is -1.29. The average Bonchev–Trinajstić information content (AvgIpc) is 2.34. The SMILES string of the molecule is Cc1ccc(C(O)C(N)=O)o1. The highest BCUT2D eigenvalue weighted by Crippen LogP contribution is 2.14. The first-order valence-corrected chi connectivity index (χ1v) is 3.15. The second kappa shape index (κ2) is 2.75. The molecule has 0 bridgehead atoms. The van der Waals surface area contributed by atoms with Crippen molar-refractivity contribution >= 4 is 5.91 Å². The Kier molecular flexibility index (Phi) is 1.96. The number of hydrogen-bond donors (Lipinski definition) is 2. The van der Waals surface area contributed by atoms with Crippen molar-refractivity contribution in [2.45, 2.75) is 13.0 Å². The van der Waals surface area contributed by atoms with Crippen LogP contribution < -0.4 is 5.73 Å². The van der Waals surface area contributed by atoms with E-state index in [2.05, 4.69) is 0 Å². The lowest BCUT2D eigenvalue weighted by Gasteiger charge is -2.00. The number of furan rings is 1. The molecule has 3 N–H and O–H groups in total. The first-order valence-electron chi connectivity index (χ1n) is 3.15. The lowest BCUT2D eigenvalue weighted by Crippen LogP contribution is -2.20. The Morgan fingerprint density at radius 1 is 1.73 bits per heavy atom. The minimum absolute atomic E-state index is 0.190. The molecule has 0 saturated carbocycles. The number of hydrogen-bond acceptors (Lipinski definition) is 3. The monoisotopic (exact) mass is 155 g/mol. The summed E-state index contributed by atoms with van der Waals surface area (Å²) >= 11 is 0. The van der Waals surface area contributed by atoms with Crippen molar-refractivity contribution in [2.75, 3.05) is 0 Å². The summed E-state index contributed by atoms with van der Waals surface area (Å²) < 4.78 is 4.96. The highest BCUT2D eigenvalue weighted by atomic mass is 16.4. The molecule has 0 aliphatic heterocycles. The van der Waals surface area contributed by atoms with Crippen LogP contribution in [0.15, 0.2) is 16.5 Å². The van der Waals surface area contributed by atoms with Crippen molar-refractivity contribution in [1.82, 2.24) is 0 Å². The number of amides is 1. The van der Waals surface area contributed by atoms with Gasteiger partial charge >= 0.3 is 0 Å². The Bertz CT molecular complexity index is 266. The Morgan fingerprint density at radius 3 is 2.73 bits per heavy atom. The van der Waals surface area contributed by atoms with E-state index in [1.165, 1.54) is 6.07 Å². The van der Waals surface area contributed by atoms with E-state index in [0.29, 0.717) is 5.76 Å². The van der Waals surface area contributed by atoms with E-state index in [-0.39, 0.29) is 5.76 Å². The molecule has 4 heteroatoms. The van der Waals surface area contributed by atoms with Crippen LogP contribution in [0, 0.1) is 6.92 Å². The number of primary amides is 1. The molecular weight excluding hydrogens is 146 g/mol. The molecule has 1 aromatic heterocycles. The Balaban J connectivity index is 2.84. The van der Waals surface area contributed by atoms with Gasteiger partial charge in [-0.1, -0.05) is 0 Å². The molecule has 0 aliphatic carbocycles. The molecule has 1 atom stereocenters. The van der Waals surface area contributed by atoms with E-state index in [4.69, 9.17) is 15.3 Å². The summed E-state index contributed by atoms with van der Waals surface area (Å²) in [7, 11) is 0. The lowest BCUT2D eigenvalue weighted by atomic mass is 10.3. The van der Waals surface area contributed by atoms with Crippen molar-refractivity contribution < 1.29 is 14.3 Å². The van der Waals surface area contributed by atoms with Gasteiger partial charge in [-0.25, -0.2) is 0 Å². The number of nitrogens with two attached hydrogens (primary N) is 1. The molecule has 1 unspecified atom stereocenters. The fourth-order valence-corrected chi connectivity index (χ4v) is 0.741. The third-order valence-corrected chi connectivity index (χ3v) is 1.30. The van der Waals surface area contributed by atoms with Crippen LogP contribution in [0.2, 0.25) is 0 Å². The van der Waals surface area contributed by atoms with Crippen molar-refractivity contribution in [1.29, 1.82) is 0 Å². The summed E-state index contributed by atoms with van der Waals surface area (Å²) in [6, 6.07) is 3.17. The van der Waals surface area contributed by atoms with Gasteiger partial charge in [-0.15, -0.1) is 0 Å².